The van der Waals surface area contributed by atoms with Gasteiger partial charge in [-0.2, -0.15) is 5.26 Å². The van der Waals surface area contributed by atoms with Crippen LogP contribution in [0.3, 0.4) is 0 Å². The molecule has 1 N–H and O–H groups in total. The summed E-state index contributed by atoms with van der Waals surface area (Å²) >= 11 is 0. The molecule has 0 aliphatic carbocycles. The standard InChI is InChI=1S/C15H20FN3/c1-2-19-8-3-4-13(7-9-19)18-14-5-6-15(16)12(10-14)11-17/h5-6,10,13,18H,2-4,7-9H2,1H3. The Morgan fingerprint density at radius 3 is 3.00 bits per heavy atom. The molecule has 0 saturated carbocycles. The van der Waals surface area contributed by atoms with Crippen LogP contribution in [0.4, 0.5) is 10.1 Å². The zero-order valence-electron chi connectivity index (χ0n) is 11.3. The van der Waals surface area contributed by atoms with Crippen molar-refractivity contribution in [1.82, 2.24) is 4.90 Å². The summed E-state index contributed by atoms with van der Waals surface area (Å²) in [5, 5.41) is 12.3. The van der Waals surface area contributed by atoms with Crippen LogP contribution < -0.4 is 5.32 Å². The predicted octanol–water partition coefficient (Wildman–Crippen LogP) is 2.98. The van der Waals surface area contributed by atoms with Gasteiger partial charge in [-0.25, -0.2) is 4.39 Å². The molecule has 1 heterocycles. The summed E-state index contributed by atoms with van der Waals surface area (Å²) < 4.78 is 13.3. The van der Waals surface area contributed by atoms with E-state index in [0.717, 1.165) is 38.2 Å². The Hall–Kier alpha value is -1.60. The van der Waals surface area contributed by atoms with Gasteiger partial charge < -0.3 is 10.2 Å². The van der Waals surface area contributed by atoms with Crippen LogP contribution >= 0.6 is 0 Å². The smallest absolute Gasteiger partial charge is 0.141 e. The second-order valence-corrected chi connectivity index (χ2v) is 5.01. The number of nitriles is 1. The third-order valence-electron chi connectivity index (χ3n) is 3.73. The van der Waals surface area contributed by atoms with Gasteiger partial charge in [-0.05, 0) is 50.6 Å². The van der Waals surface area contributed by atoms with Crippen molar-refractivity contribution in [3.05, 3.63) is 29.6 Å². The highest BCUT2D eigenvalue weighted by Crippen LogP contribution is 2.19. The molecule has 1 aromatic rings. The van der Waals surface area contributed by atoms with E-state index in [9.17, 15) is 4.39 Å². The lowest BCUT2D eigenvalue weighted by Crippen LogP contribution is -2.26. The highest BCUT2D eigenvalue weighted by molar-refractivity contribution is 5.50. The first-order chi connectivity index (χ1) is 9.22. The number of hydrogen-bond acceptors (Lipinski definition) is 3. The fourth-order valence-electron chi connectivity index (χ4n) is 2.55. The number of halogens is 1. The van der Waals surface area contributed by atoms with Gasteiger partial charge >= 0.3 is 0 Å². The van der Waals surface area contributed by atoms with E-state index in [-0.39, 0.29) is 5.56 Å². The van der Waals surface area contributed by atoms with Gasteiger partial charge in [0.1, 0.15) is 11.9 Å². The molecule has 19 heavy (non-hydrogen) atoms. The topological polar surface area (TPSA) is 39.1 Å². The maximum atomic E-state index is 13.3. The number of nitrogens with one attached hydrogen (secondary N) is 1. The highest BCUT2D eigenvalue weighted by Gasteiger charge is 2.16. The first kappa shape index (κ1) is 13.8. The summed E-state index contributed by atoms with van der Waals surface area (Å²) in [6, 6.07) is 6.95. The van der Waals surface area contributed by atoms with E-state index >= 15 is 0 Å². The molecule has 4 heteroatoms. The van der Waals surface area contributed by atoms with E-state index in [1.54, 1.807) is 12.1 Å². The molecule has 102 valence electrons. The third kappa shape index (κ3) is 3.68. The van der Waals surface area contributed by atoms with Crippen molar-refractivity contribution in [2.24, 2.45) is 0 Å². The third-order valence-corrected chi connectivity index (χ3v) is 3.73. The Bertz CT molecular complexity index is 467. The van der Waals surface area contributed by atoms with Crippen LogP contribution in [0.2, 0.25) is 0 Å². The Morgan fingerprint density at radius 2 is 2.26 bits per heavy atom. The summed E-state index contributed by atoms with van der Waals surface area (Å²) in [7, 11) is 0. The molecule has 1 aliphatic rings. The summed E-state index contributed by atoms with van der Waals surface area (Å²) in [5.74, 6) is -0.453. The minimum absolute atomic E-state index is 0.105. The highest BCUT2D eigenvalue weighted by atomic mass is 19.1. The van der Waals surface area contributed by atoms with Crippen LogP contribution in [0.5, 0.6) is 0 Å². The maximum Gasteiger partial charge on any atom is 0.141 e. The molecule has 1 aliphatic heterocycles. The molecule has 0 aromatic heterocycles. The second kappa shape index (κ2) is 6.53. The number of rotatable bonds is 3. The largest absolute Gasteiger partial charge is 0.382 e. The Balaban J connectivity index is 1.99. The van der Waals surface area contributed by atoms with Crippen molar-refractivity contribution in [3.63, 3.8) is 0 Å². The normalized spacial score (nSPS) is 20.6. The van der Waals surface area contributed by atoms with Crippen molar-refractivity contribution >= 4 is 5.69 Å². The molecule has 0 radical (unpaired) electrons. The molecule has 3 nitrogen and oxygen atoms in total. The molecule has 2 rings (SSSR count). The van der Waals surface area contributed by atoms with Crippen molar-refractivity contribution < 1.29 is 4.39 Å². The minimum atomic E-state index is -0.453. The minimum Gasteiger partial charge on any atom is -0.382 e. The lowest BCUT2D eigenvalue weighted by molar-refractivity contribution is 0.300. The average Bonchev–Trinajstić information content (AvgIpc) is 2.66. The number of hydrogen-bond donors (Lipinski definition) is 1. The summed E-state index contributed by atoms with van der Waals surface area (Å²) in [6.07, 6.45) is 3.39. The van der Waals surface area contributed by atoms with Crippen LogP contribution in [-0.2, 0) is 0 Å². The van der Waals surface area contributed by atoms with E-state index in [1.807, 2.05) is 6.07 Å². The van der Waals surface area contributed by atoms with Gasteiger partial charge in [0, 0.05) is 18.3 Å². The lowest BCUT2D eigenvalue weighted by Gasteiger charge is -2.19. The fourth-order valence-corrected chi connectivity index (χ4v) is 2.55. The number of anilines is 1. The lowest BCUT2D eigenvalue weighted by atomic mass is 10.1. The zero-order chi connectivity index (χ0) is 13.7. The zero-order valence-corrected chi connectivity index (χ0v) is 11.3. The predicted molar refractivity (Wildman–Crippen MR) is 74.5 cm³/mol. The molecule has 1 aromatic carbocycles. The van der Waals surface area contributed by atoms with Crippen molar-refractivity contribution in [2.75, 3.05) is 25.0 Å². The first-order valence-corrected chi connectivity index (χ1v) is 6.91. The number of likely N-dealkylation sites (tertiary alicyclic amines) is 1. The van der Waals surface area contributed by atoms with Crippen LogP contribution in [0.25, 0.3) is 0 Å². The van der Waals surface area contributed by atoms with Gasteiger partial charge in [0.15, 0.2) is 0 Å². The van der Waals surface area contributed by atoms with Crippen LogP contribution in [-0.4, -0.2) is 30.6 Å². The Morgan fingerprint density at radius 1 is 1.42 bits per heavy atom. The molecule has 0 amide bonds. The first-order valence-electron chi connectivity index (χ1n) is 6.91. The summed E-state index contributed by atoms with van der Waals surface area (Å²) in [4.78, 5) is 2.45. The average molecular weight is 261 g/mol. The van der Waals surface area contributed by atoms with Gasteiger partial charge in [0.25, 0.3) is 0 Å². The monoisotopic (exact) mass is 261 g/mol. The van der Waals surface area contributed by atoms with Gasteiger partial charge in [-0.3, -0.25) is 0 Å². The molecular weight excluding hydrogens is 241 g/mol. The van der Waals surface area contributed by atoms with Crippen LogP contribution in [0.15, 0.2) is 18.2 Å². The Kier molecular flexibility index (Phi) is 4.75. The molecule has 0 bridgehead atoms. The van der Waals surface area contributed by atoms with E-state index < -0.39 is 5.82 Å². The fraction of sp³-hybridized carbons (Fsp3) is 0.533. The van der Waals surface area contributed by atoms with Gasteiger partial charge in [0.05, 0.1) is 5.56 Å². The van der Waals surface area contributed by atoms with Crippen molar-refractivity contribution in [3.8, 4) is 6.07 Å². The summed E-state index contributed by atoms with van der Waals surface area (Å²) in [5.41, 5.74) is 0.946. The SMILES string of the molecule is CCN1CCCC(Nc2ccc(F)c(C#N)c2)CC1. The van der Waals surface area contributed by atoms with Gasteiger partial charge in [-0.1, -0.05) is 6.92 Å². The Labute approximate surface area is 114 Å². The summed E-state index contributed by atoms with van der Waals surface area (Å²) in [6.45, 7) is 5.54. The maximum absolute atomic E-state index is 13.3. The van der Waals surface area contributed by atoms with Gasteiger partial charge in [0.2, 0.25) is 0 Å². The quantitative estimate of drug-likeness (QED) is 0.909. The van der Waals surface area contributed by atoms with Crippen molar-refractivity contribution in [1.29, 1.82) is 5.26 Å². The molecular formula is C15H20FN3. The molecule has 1 saturated heterocycles. The molecule has 1 atom stereocenters. The van der Waals surface area contributed by atoms with E-state index in [1.165, 1.54) is 12.5 Å². The molecule has 1 fully saturated rings. The molecule has 1 unspecified atom stereocenters. The van der Waals surface area contributed by atoms with Gasteiger partial charge in [-0.15, -0.1) is 0 Å². The van der Waals surface area contributed by atoms with E-state index in [4.69, 9.17) is 5.26 Å². The molecule has 0 spiro atoms. The van der Waals surface area contributed by atoms with Crippen molar-refractivity contribution in [2.45, 2.75) is 32.2 Å². The van der Waals surface area contributed by atoms with Crippen LogP contribution in [0.1, 0.15) is 31.7 Å². The number of nitrogens with zero attached hydrogens (tertiary/aromatic N) is 2. The van der Waals surface area contributed by atoms with Crippen LogP contribution in [0, 0.1) is 17.1 Å². The second-order valence-electron chi connectivity index (χ2n) is 5.01. The van der Waals surface area contributed by atoms with E-state index in [2.05, 4.69) is 17.1 Å². The number of benzene rings is 1. The van der Waals surface area contributed by atoms with E-state index in [0.29, 0.717) is 6.04 Å².